The number of thiophene rings is 2. The minimum atomic E-state index is 0.134. The van der Waals surface area contributed by atoms with E-state index in [1.165, 1.54) is 10.4 Å². The maximum absolute atomic E-state index is 6.12. The summed E-state index contributed by atoms with van der Waals surface area (Å²) in [5.41, 5.74) is 7.45. The molecule has 0 fully saturated rings. The molecule has 92 valence electrons. The van der Waals surface area contributed by atoms with Gasteiger partial charge in [0, 0.05) is 17.5 Å². The smallest absolute Gasteiger partial charge is 0.0505 e. The fourth-order valence-corrected chi connectivity index (χ4v) is 3.61. The molecular formula is C13H18N2S2. The molecule has 2 unspecified atom stereocenters. The fourth-order valence-electron chi connectivity index (χ4n) is 2.15. The van der Waals surface area contributed by atoms with Crippen molar-refractivity contribution in [2.45, 2.75) is 25.6 Å². The molecule has 0 bridgehead atoms. The van der Waals surface area contributed by atoms with Crippen molar-refractivity contribution in [3.05, 3.63) is 44.8 Å². The number of likely N-dealkylation sites (N-methyl/N-ethyl adjacent to an activating group) is 1. The predicted octanol–water partition coefficient (Wildman–Crippen LogP) is 3.33. The van der Waals surface area contributed by atoms with Gasteiger partial charge >= 0.3 is 0 Å². The van der Waals surface area contributed by atoms with Gasteiger partial charge in [-0.3, -0.25) is 4.90 Å². The van der Waals surface area contributed by atoms with Crippen LogP contribution in [0.3, 0.4) is 0 Å². The number of nitrogens with zero attached hydrogens (tertiary/aromatic N) is 1. The third kappa shape index (κ3) is 3.16. The first-order valence-electron chi connectivity index (χ1n) is 5.69. The van der Waals surface area contributed by atoms with Crippen LogP contribution in [0.15, 0.2) is 34.3 Å². The molecule has 0 saturated carbocycles. The van der Waals surface area contributed by atoms with Crippen LogP contribution in [0, 0.1) is 0 Å². The van der Waals surface area contributed by atoms with Crippen molar-refractivity contribution in [2.75, 3.05) is 7.05 Å². The summed E-state index contributed by atoms with van der Waals surface area (Å²) in [5, 5.41) is 6.43. The molecule has 0 radical (unpaired) electrons. The molecule has 0 aliphatic heterocycles. The summed E-state index contributed by atoms with van der Waals surface area (Å²) in [6, 6.07) is 6.87. The van der Waals surface area contributed by atoms with Crippen LogP contribution in [0.25, 0.3) is 0 Å². The summed E-state index contributed by atoms with van der Waals surface area (Å²) < 4.78 is 0. The normalized spacial score (nSPS) is 15.1. The Balaban J connectivity index is 2.11. The molecule has 2 aromatic heterocycles. The van der Waals surface area contributed by atoms with Crippen molar-refractivity contribution in [1.82, 2.24) is 4.90 Å². The quantitative estimate of drug-likeness (QED) is 0.899. The average molecular weight is 266 g/mol. The van der Waals surface area contributed by atoms with Crippen molar-refractivity contribution in [3.8, 4) is 0 Å². The molecule has 2 heterocycles. The van der Waals surface area contributed by atoms with E-state index < -0.39 is 0 Å². The summed E-state index contributed by atoms with van der Waals surface area (Å²) in [5.74, 6) is 0. The van der Waals surface area contributed by atoms with Gasteiger partial charge in [-0.2, -0.15) is 11.3 Å². The van der Waals surface area contributed by atoms with E-state index in [9.17, 15) is 0 Å². The molecule has 0 aliphatic rings. The second kappa shape index (κ2) is 5.78. The van der Waals surface area contributed by atoms with Gasteiger partial charge < -0.3 is 5.73 Å². The Labute approximate surface area is 111 Å². The van der Waals surface area contributed by atoms with E-state index >= 15 is 0 Å². The third-order valence-electron chi connectivity index (χ3n) is 2.84. The Hall–Kier alpha value is -0.680. The zero-order valence-corrected chi connectivity index (χ0v) is 11.8. The molecule has 0 amide bonds. The summed E-state index contributed by atoms with van der Waals surface area (Å²) >= 11 is 3.53. The number of rotatable bonds is 5. The van der Waals surface area contributed by atoms with E-state index in [1.54, 1.807) is 22.7 Å². The standard InChI is InChI=1S/C13H18N2S2/c1-10(14)13(11-5-7-16-9-11)15(2)8-12-4-3-6-17-12/h3-7,9-10,13H,8,14H2,1-2H3. The molecule has 2 atom stereocenters. The van der Waals surface area contributed by atoms with Crippen molar-refractivity contribution < 1.29 is 0 Å². The molecule has 2 nitrogen and oxygen atoms in total. The van der Waals surface area contributed by atoms with Crippen molar-refractivity contribution in [1.29, 1.82) is 0 Å². The van der Waals surface area contributed by atoms with E-state index in [0.717, 1.165) is 6.54 Å². The molecule has 4 heteroatoms. The molecule has 0 spiro atoms. The van der Waals surface area contributed by atoms with Crippen LogP contribution in [0.1, 0.15) is 23.4 Å². The lowest BCUT2D eigenvalue weighted by Crippen LogP contribution is -2.36. The molecule has 0 aromatic carbocycles. The largest absolute Gasteiger partial charge is 0.326 e. The van der Waals surface area contributed by atoms with Crippen LogP contribution < -0.4 is 5.73 Å². The van der Waals surface area contributed by atoms with E-state index in [-0.39, 0.29) is 6.04 Å². The van der Waals surface area contributed by atoms with Crippen LogP contribution in [-0.2, 0) is 6.54 Å². The molecular weight excluding hydrogens is 248 g/mol. The number of nitrogens with two attached hydrogens (primary N) is 1. The summed E-state index contributed by atoms with van der Waals surface area (Å²) in [6.07, 6.45) is 0. The summed E-state index contributed by atoms with van der Waals surface area (Å²) in [7, 11) is 2.14. The van der Waals surface area contributed by atoms with Crippen LogP contribution >= 0.6 is 22.7 Å². The summed E-state index contributed by atoms with van der Waals surface area (Å²) in [4.78, 5) is 3.71. The lowest BCUT2D eigenvalue weighted by Gasteiger charge is -2.30. The molecule has 17 heavy (non-hydrogen) atoms. The zero-order chi connectivity index (χ0) is 12.3. The maximum Gasteiger partial charge on any atom is 0.0505 e. The van der Waals surface area contributed by atoms with E-state index in [1.807, 2.05) is 0 Å². The Morgan fingerprint density at radius 1 is 1.35 bits per heavy atom. The van der Waals surface area contributed by atoms with Gasteiger partial charge in [-0.25, -0.2) is 0 Å². The minimum Gasteiger partial charge on any atom is -0.326 e. The van der Waals surface area contributed by atoms with Crippen LogP contribution in [-0.4, -0.2) is 18.0 Å². The number of hydrogen-bond donors (Lipinski definition) is 1. The van der Waals surface area contributed by atoms with Crippen LogP contribution in [0.2, 0.25) is 0 Å². The topological polar surface area (TPSA) is 29.3 Å². The van der Waals surface area contributed by atoms with Gasteiger partial charge in [-0.1, -0.05) is 6.07 Å². The second-order valence-corrected chi connectivity index (χ2v) is 6.17. The second-order valence-electron chi connectivity index (χ2n) is 4.36. The Morgan fingerprint density at radius 3 is 2.71 bits per heavy atom. The van der Waals surface area contributed by atoms with Crippen molar-refractivity contribution in [2.24, 2.45) is 5.73 Å². The average Bonchev–Trinajstić information content (AvgIpc) is 2.89. The van der Waals surface area contributed by atoms with E-state index in [4.69, 9.17) is 5.73 Å². The fraction of sp³-hybridized carbons (Fsp3) is 0.385. The molecule has 2 aromatic rings. The highest BCUT2D eigenvalue weighted by Crippen LogP contribution is 2.26. The van der Waals surface area contributed by atoms with Gasteiger partial charge in [-0.05, 0) is 47.8 Å². The number of hydrogen-bond acceptors (Lipinski definition) is 4. The van der Waals surface area contributed by atoms with Crippen LogP contribution in [0.4, 0.5) is 0 Å². The third-order valence-corrected chi connectivity index (χ3v) is 4.41. The first-order chi connectivity index (χ1) is 8.18. The van der Waals surface area contributed by atoms with Gasteiger partial charge in [0.25, 0.3) is 0 Å². The Kier molecular flexibility index (Phi) is 4.34. The zero-order valence-electron chi connectivity index (χ0n) is 10.2. The van der Waals surface area contributed by atoms with Gasteiger partial charge in [0.1, 0.15) is 0 Å². The molecule has 2 rings (SSSR count). The first-order valence-corrected chi connectivity index (χ1v) is 7.51. The molecule has 0 saturated heterocycles. The van der Waals surface area contributed by atoms with Crippen LogP contribution in [0.5, 0.6) is 0 Å². The molecule has 2 N–H and O–H groups in total. The lowest BCUT2D eigenvalue weighted by molar-refractivity contribution is 0.213. The van der Waals surface area contributed by atoms with E-state index in [2.05, 4.69) is 53.2 Å². The lowest BCUT2D eigenvalue weighted by atomic mass is 10.0. The van der Waals surface area contributed by atoms with E-state index in [0.29, 0.717) is 6.04 Å². The molecule has 0 aliphatic carbocycles. The highest BCUT2D eigenvalue weighted by atomic mass is 32.1. The van der Waals surface area contributed by atoms with Gasteiger partial charge in [0.05, 0.1) is 6.04 Å². The van der Waals surface area contributed by atoms with Gasteiger partial charge in [0.2, 0.25) is 0 Å². The highest BCUT2D eigenvalue weighted by Gasteiger charge is 2.21. The minimum absolute atomic E-state index is 0.134. The first kappa shape index (κ1) is 12.8. The summed E-state index contributed by atoms with van der Waals surface area (Å²) in [6.45, 7) is 3.03. The Bertz CT molecular complexity index is 420. The van der Waals surface area contributed by atoms with Crippen molar-refractivity contribution in [3.63, 3.8) is 0 Å². The van der Waals surface area contributed by atoms with Gasteiger partial charge in [0.15, 0.2) is 0 Å². The monoisotopic (exact) mass is 266 g/mol. The van der Waals surface area contributed by atoms with Gasteiger partial charge in [-0.15, -0.1) is 11.3 Å². The van der Waals surface area contributed by atoms with Crippen molar-refractivity contribution >= 4 is 22.7 Å². The highest BCUT2D eigenvalue weighted by molar-refractivity contribution is 7.09. The SMILES string of the molecule is CC(N)C(c1ccsc1)N(C)Cc1cccs1. The predicted molar refractivity (Wildman–Crippen MR) is 76.5 cm³/mol. The maximum atomic E-state index is 6.12. The Morgan fingerprint density at radius 2 is 2.18 bits per heavy atom.